The number of rotatable bonds is 14. The molecule has 232 valence electrons. The summed E-state index contributed by atoms with van der Waals surface area (Å²) in [6.07, 6.45) is -3.90. The van der Waals surface area contributed by atoms with Gasteiger partial charge in [0.15, 0.2) is 11.5 Å². The normalized spacial score (nSPS) is 15.0. The number of aliphatic carboxylic acids is 1. The zero-order valence-corrected chi connectivity index (χ0v) is 25.4. The summed E-state index contributed by atoms with van der Waals surface area (Å²) in [6.45, 7) is 16.2. The molecule has 12 heteroatoms. The van der Waals surface area contributed by atoms with Gasteiger partial charge in [-0.25, -0.2) is 14.4 Å². The first kappa shape index (κ1) is 35.5. The number of hydrogen-bond donors (Lipinski definition) is 2. The molecule has 41 heavy (non-hydrogen) atoms. The van der Waals surface area contributed by atoms with Gasteiger partial charge in [0.05, 0.1) is 13.2 Å². The zero-order chi connectivity index (χ0) is 31.4. The fourth-order valence-electron chi connectivity index (χ4n) is 3.32. The molecule has 0 aliphatic heterocycles. The van der Waals surface area contributed by atoms with E-state index in [1.54, 1.807) is 20.8 Å². The Morgan fingerprint density at radius 1 is 0.732 bits per heavy atom. The monoisotopic (exact) mass is 583 g/mol. The summed E-state index contributed by atoms with van der Waals surface area (Å²) in [5.74, 6) is -3.08. The molecule has 0 saturated carbocycles. The zero-order valence-electron chi connectivity index (χ0n) is 25.4. The van der Waals surface area contributed by atoms with Crippen LogP contribution >= 0.6 is 0 Å². The van der Waals surface area contributed by atoms with Crippen molar-refractivity contribution in [1.29, 1.82) is 0 Å². The number of carbonyl (C=O) groups is 4. The molecule has 1 aromatic rings. The lowest BCUT2D eigenvalue weighted by Gasteiger charge is -2.28. The number of carbonyl (C=O) groups excluding carboxylic acids is 3. The molecule has 0 aliphatic rings. The van der Waals surface area contributed by atoms with Gasteiger partial charge in [0.25, 0.3) is 0 Å². The lowest BCUT2D eigenvalue weighted by Crippen LogP contribution is -2.40. The average Bonchev–Trinajstić information content (AvgIpc) is 2.87. The average molecular weight is 584 g/mol. The van der Waals surface area contributed by atoms with Crippen molar-refractivity contribution in [3.8, 4) is 11.5 Å². The molecule has 12 nitrogen and oxygen atoms in total. The maximum Gasteiger partial charge on any atom is 0.514 e. The van der Waals surface area contributed by atoms with Gasteiger partial charge in [-0.1, -0.05) is 54.5 Å². The molecule has 0 aromatic heterocycles. The van der Waals surface area contributed by atoms with E-state index >= 15 is 0 Å². The van der Waals surface area contributed by atoms with Gasteiger partial charge in [-0.15, -0.1) is 0 Å². The maximum atomic E-state index is 12.6. The van der Waals surface area contributed by atoms with Crippen molar-refractivity contribution >= 4 is 24.4 Å². The van der Waals surface area contributed by atoms with Crippen LogP contribution < -0.4 is 15.2 Å². The Kier molecular flexibility index (Phi) is 14.4. The second-order valence-corrected chi connectivity index (χ2v) is 11.2. The van der Waals surface area contributed by atoms with Crippen LogP contribution in [0.4, 0.5) is 14.4 Å². The van der Waals surface area contributed by atoms with E-state index in [4.69, 9.17) is 34.2 Å². The van der Waals surface area contributed by atoms with Gasteiger partial charge >= 0.3 is 24.4 Å². The van der Waals surface area contributed by atoms with Gasteiger partial charge in [-0.2, -0.15) is 0 Å². The van der Waals surface area contributed by atoms with Gasteiger partial charge in [0.2, 0.25) is 0 Å². The molecular weight excluding hydrogens is 538 g/mol. The third-order valence-electron chi connectivity index (χ3n) is 6.46. The minimum absolute atomic E-state index is 0.00290. The lowest BCUT2D eigenvalue weighted by atomic mass is 9.82. The third kappa shape index (κ3) is 12.2. The molecule has 1 aromatic carbocycles. The molecule has 5 atom stereocenters. The summed E-state index contributed by atoms with van der Waals surface area (Å²) < 4.78 is 31.4. The molecule has 0 radical (unpaired) electrons. The Balaban J connectivity index is 3.36. The summed E-state index contributed by atoms with van der Waals surface area (Å²) in [5.41, 5.74) is 6.36. The van der Waals surface area contributed by atoms with Crippen molar-refractivity contribution in [2.45, 2.75) is 86.5 Å². The van der Waals surface area contributed by atoms with Gasteiger partial charge < -0.3 is 39.3 Å². The van der Waals surface area contributed by atoms with Crippen LogP contribution in [0.15, 0.2) is 18.2 Å². The van der Waals surface area contributed by atoms with E-state index in [0.717, 1.165) is 0 Å². The molecule has 0 amide bonds. The van der Waals surface area contributed by atoms with Crippen LogP contribution in [-0.4, -0.2) is 61.0 Å². The van der Waals surface area contributed by atoms with E-state index in [1.807, 2.05) is 41.5 Å². The van der Waals surface area contributed by atoms with Crippen molar-refractivity contribution in [3.05, 3.63) is 23.8 Å². The van der Waals surface area contributed by atoms with Gasteiger partial charge in [0, 0.05) is 5.92 Å². The Bertz CT molecular complexity index is 1020. The predicted molar refractivity (Wildman–Crippen MR) is 149 cm³/mol. The highest BCUT2D eigenvalue weighted by Gasteiger charge is 2.33. The summed E-state index contributed by atoms with van der Waals surface area (Å²) >= 11 is 0. The molecule has 0 aliphatic carbocycles. The summed E-state index contributed by atoms with van der Waals surface area (Å²) in [5, 5.41) is 9.70. The summed E-state index contributed by atoms with van der Waals surface area (Å²) in [4.78, 5) is 48.9. The van der Waals surface area contributed by atoms with E-state index in [2.05, 4.69) is 0 Å². The molecule has 0 heterocycles. The minimum atomic E-state index is -1.43. The lowest BCUT2D eigenvalue weighted by molar-refractivity contribution is -0.139. The van der Waals surface area contributed by atoms with Crippen LogP contribution in [0.2, 0.25) is 0 Å². The predicted octanol–water partition coefficient (Wildman–Crippen LogP) is 5.75. The molecule has 0 spiro atoms. The highest BCUT2D eigenvalue weighted by Crippen LogP contribution is 2.36. The third-order valence-corrected chi connectivity index (χ3v) is 6.46. The fourth-order valence-corrected chi connectivity index (χ4v) is 3.32. The summed E-state index contributed by atoms with van der Waals surface area (Å²) in [7, 11) is 0. The number of carboxylic acid groups (broad SMARTS) is 1. The van der Waals surface area contributed by atoms with Gasteiger partial charge in [0.1, 0.15) is 18.2 Å². The van der Waals surface area contributed by atoms with Crippen molar-refractivity contribution in [2.24, 2.45) is 29.4 Å². The molecule has 1 rings (SSSR count). The fraction of sp³-hybridized carbons (Fsp3) is 0.655. The Morgan fingerprint density at radius 3 is 1.68 bits per heavy atom. The number of hydrogen-bond acceptors (Lipinski definition) is 11. The number of nitrogens with two attached hydrogens (primary N) is 1. The van der Waals surface area contributed by atoms with E-state index < -0.39 is 54.5 Å². The quantitative estimate of drug-likeness (QED) is 0.155. The van der Waals surface area contributed by atoms with Gasteiger partial charge in [-0.05, 0) is 55.2 Å². The second kappa shape index (κ2) is 16.7. The standard InChI is InChI=1S/C29H45NO11/c1-15(2)13-36-27(33)37-14-18(7)24(25(30)26(31)32)21-10-11-22(40-28(34)38-19(8)16(3)4)23(12-21)41-29(35)39-20(9)17(5)6/h10-12,15-20,24-25H,13-14,30H2,1-9H3,(H,31,32)/t18?,19?,20?,24?,25-/m0/s1. The SMILES string of the molecule is CC(C)COC(=O)OCC(C)C(c1ccc(OC(=O)OC(C)C(C)C)c(OC(=O)OC(C)C(C)C)c1)[C@H](N)C(=O)O. The van der Waals surface area contributed by atoms with Crippen molar-refractivity contribution in [1.82, 2.24) is 0 Å². The van der Waals surface area contributed by atoms with E-state index in [9.17, 15) is 24.3 Å². The first-order valence-corrected chi connectivity index (χ1v) is 13.7. The molecule has 0 bridgehead atoms. The highest BCUT2D eigenvalue weighted by molar-refractivity contribution is 5.75. The van der Waals surface area contributed by atoms with Gasteiger partial charge in [-0.3, -0.25) is 4.79 Å². The Morgan fingerprint density at radius 2 is 1.22 bits per heavy atom. The number of benzene rings is 1. The van der Waals surface area contributed by atoms with Crippen LogP contribution in [-0.2, 0) is 23.7 Å². The van der Waals surface area contributed by atoms with E-state index in [1.165, 1.54) is 18.2 Å². The molecule has 3 N–H and O–H groups in total. The smallest absolute Gasteiger partial charge is 0.480 e. The highest BCUT2D eigenvalue weighted by atomic mass is 16.8. The van der Waals surface area contributed by atoms with Crippen molar-refractivity contribution in [3.63, 3.8) is 0 Å². The van der Waals surface area contributed by atoms with Crippen molar-refractivity contribution in [2.75, 3.05) is 13.2 Å². The minimum Gasteiger partial charge on any atom is -0.480 e. The summed E-state index contributed by atoms with van der Waals surface area (Å²) in [6, 6.07) is 2.71. The van der Waals surface area contributed by atoms with Crippen LogP contribution in [0, 0.1) is 23.7 Å². The number of carboxylic acids is 1. The molecule has 0 saturated heterocycles. The van der Waals surface area contributed by atoms with Crippen LogP contribution in [0.25, 0.3) is 0 Å². The molecule has 4 unspecified atom stereocenters. The number of ether oxygens (including phenoxy) is 6. The first-order chi connectivity index (χ1) is 19.0. The molecule has 0 fully saturated rings. The van der Waals surface area contributed by atoms with Crippen LogP contribution in [0.1, 0.15) is 73.8 Å². The van der Waals surface area contributed by atoms with Crippen molar-refractivity contribution < 1.29 is 52.7 Å². The van der Waals surface area contributed by atoms with Crippen LogP contribution in [0.5, 0.6) is 11.5 Å². The second-order valence-electron chi connectivity index (χ2n) is 11.2. The van der Waals surface area contributed by atoms with Crippen LogP contribution in [0.3, 0.4) is 0 Å². The topological polar surface area (TPSA) is 170 Å². The Hall–Kier alpha value is -3.54. The maximum absolute atomic E-state index is 12.6. The van der Waals surface area contributed by atoms with E-state index in [-0.39, 0.29) is 42.5 Å². The first-order valence-electron chi connectivity index (χ1n) is 13.7. The van der Waals surface area contributed by atoms with E-state index in [0.29, 0.717) is 5.56 Å². The molecular formula is C29H45NO11. The Labute approximate surface area is 241 Å². The largest absolute Gasteiger partial charge is 0.514 e.